The normalized spacial score (nSPS) is 16.3. The van der Waals surface area contributed by atoms with Gasteiger partial charge in [-0.1, -0.05) is 55.5 Å². The molecule has 0 bridgehead atoms. The molecule has 0 amide bonds. The number of allylic oxidation sites excluding steroid dienone is 3. The summed E-state index contributed by atoms with van der Waals surface area (Å²) in [5.74, 6) is -0.135. The standard InChI is InChI=1S/C25H29NO4/c1-5-21-16-18(2)17-22(26-21)30-23(24(27)28-3)25(29-4,19-12-8-6-9-13-19)20-14-10-7-11-15-20/h6-10,12-14,16-17,23H,5,11,15H2,1-4H3/t23-,25?/m1/s1. The number of hydrogen-bond donors (Lipinski definition) is 0. The van der Waals surface area contributed by atoms with Gasteiger partial charge in [0, 0.05) is 18.9 Å². The summed E-state index contributed by atoms with van der Waals surface area (Å²) < 4.78 is 17.6. The van der Waals surface area contributed by atoms with Crippen LogP contribution in [0, 0.1) is 6.92 Å². The Bertz CT molecular complexity index is 935. The van der Waals surface area contributed by atoms with Crippen LogP contribution in [-0.2, 0) is 26.3 Å². The fourth-order valence-electron chi connectivity index (χ4n) is 3.93. The van der Waals surface area contributed by atoms with Crippen molar-refractivity contribution in [3.8, 4) is 5.88 Å². The molecule has 1 aliphatic carbocycles. The van der Waals surface area contributed by atoms with Crippen molar-refractivity contribution in [3.05, 3.63) is 83.1 Å². The monoisotopic (exact) mass is 407 g/mol. The van der Waals surface area contributed by atoms with Crippen LogP contribution in [0.2, 0.25) is 0 Å². The predicted octanol–water partition coefficient (Wildman–Crippen LogP) is 4.69. The van der Waals surface area contributed by atoms with Gasteiger partial charge in [-0.2, -0.15) is 0 Å². The molecule has 30 heavy (non-hydrogen) atoms. The maximum absolute atomic E-state index is 13.1. The minimum Gasteiger partial charge on any atom is -0.466 e. The quantitative estimate of drug-likeness (QED) is 0.594. The van der Waals surface area contributed by atoms with E-state index < -0.39 is 17.7 Å². The summed E-state index contributed by atoms with van der Waals surface area (Å²) in [7, 11) is 2.97. The molecular weight excluding hydrogens is 378 g/mol. The second-order valence-corrected chi connectivity index (χ2v) is 7.31. The summed E-state index contributed by atoms with van der Waals surface area (Å²) >= 11 is 0. The molecular formula is C25H29NO4. The molecule has 0 spiro atoms. The molecule has 158 valence electrons. The van der Waals surface area contributed by atoms with Crippen molar-refractivity contribution in [2.24, 2.45) is 0 Å². The molecule has 5 heteroatoms. The molecule has 0 saturated heterocycles. The molecule has 1 aliphatic rings. The number of nitrogens with zero attached hydrogens (tertiary/aromatic N) is 1. The van der Waals surface area contributed by atoms with Crippen LogP contribution < -0.4 is 4.74 Å². The number of hydrogen-bond acceptors (Lipinski definition) is 5. The summed E-state index contributed by atoms with van der Waals surface area (Å²) in [6.45, 7) is 4.02. The molecule has 3 rings (SSSR count). The lowest BCUT2D eigenvalue weighted by atomic mass is 9.77. The number of esters is 1. The van der Waals surface area contributed by atoms with Crippen LogP contribution in [0.1, 0.15) is 36.6 Å². The van der Waals surface area contributed by atoms with Crippen molar-refractivity contribution in [1.82, 2.24) is 4.98 Å². The van der Waals surface area contributed by atoms with Crippen molar-refractivity contribution in [1.29, 1.82) is 0 Å². The smallest absolute Gasteiger partial charge is 0.350 e. The zero-order valence-electron chi connectivity index (χ0n) is 18.1. The van der Waals surface area contributed by atoms with E-state index in [-0.39, 0.29) is 0 Å². The largest absolute Gasteiger partial charge is 0.466 e. The van der Waals surface area contributed by atoms with Gasteiger partial charge in [0.2, 0.25) is 12.0 Å². The molecule has 1 aromatic carbocycles. The van der Waals surface area contributed by atoms with Gasteiger partial charge >= 0.3 is 5.97 Å². The van der Waals surface area contributed by atoms with E-state index in [1.807, 2.05) is 68.5 Å². The van der Waals surface area contributed by atoms with Crippen molar-refractivity contribution in [3.63, 3.8) is 0 Å². The first-order chi connectivity index (χ1) is 14.5. The van der Waals surface area contributed by atoms with E-state index in [2.05, 4.69) is 11.1 Å². The van der Waals surface area contributed by atoms with E-state index in [4.69, 9.17) is 14.2 Å². The third kappa shape index (κ3) is 4.31. The first-order valence-electron chi connectivity index (χ1n) is 10.2. The van der Waals surface area contributed by atoms with Gasteiger partial charge in [0.05, 0.1) is 7.11 Å². The minimum absolute atomic E-state index is 0.381. The Morgan fingerprint density at radius 1 is 1.20 bits per heavy atom. The first kappa shape index (κ1) is 21.8. The van der Waals surface area contributed by atoms with Crippen LogP contribution in [0.3, 0.4) is 0 Å². The van der Waals surface area contributed by atoms with E-state index in [0.29, 0.717) is 5.88 Å². The summed E-state index contributed by atoms with van der Waals surface area (Å²) in [5, 5.41) is 0. The van der Waals surface area contributed by atoms with Gasteiger partial charge < -0.3 is 14.2 Å². The number of ether oxygens (including phenoxy) is 3. The van der Waals surface area contributed by atoms with E-state index >= 15 is 0 Å². The van der Waals surface area contributed by atoms with Crippen LogP contribution in [0.25, 0.3) is 0 Å². The molecule has 1 unspecified atom stereocenters. The molecule has 0 radical (unpaired) electrons. The van der Waals surface area contributed by atoms with E-state index in [0.717, 1.165) is 41.7 Å². The zero-order valence-corrected chi connectivity index (χ0v) is 18.1. The first-order valence-corrected chi connectivity index (χ1v) is 10.2. The highest BCUT2D eigenvalue weighted by Gasteiger charge is 2.50. The van der Waals surface area contributed by atoms with Gasteiger partial charge in [-0.3, -0.25) is 0 Å². The molecule has 0 aliphatic heterocycles. The predicted molar refractivity (Wildman–Crippen MR) is 116 cm³/mol. The van der Waals surface area contributed by atoms with Gasteiger partial charge in [0.25, 0.3) is 0 Å². The topological polar surface area (TPSA) is 57.7 Å². The maximum Gasteiger partial charge on any atom is 0.350 e. The van der Waals surface area contributed by atoms with Crippen molar-refractivity contribution >= 4 is 5.97 Å². The van der Waals surface area contributed by atoms with E-state index in [1.54, 1.807) is 7.11 Å². The van der Waals surface area contributed by atoms with Crippen molar-refractivity contribution < 1.29 is 19.0 Å². The Morgan fingerprint density at radius 3 is 2.57 bits per heavy atom. The Labute approximate surface area is 178 Å². The number of aryl methyl sites for hydroxylation is 2. The fourth-order valence-corrected chi connectivity index (χ4v) is 3.93. The highest BCUT2D eigenvalue weighted by atomic mass is 16.6. The molecule has 1 aromatic heterocycles. The van der Waals surface area contributed by atoms with Gasteiger partial charge in [-0.25, -0.2) is 9.78 Å². The molecule has 5 nitrogen and oxygen atoms in total. The van der Waals surface area contributed by atoms with Gasteiger partial charge in [0.1, 0.15) is 0 Å². The third-order valence-corrected chi connectivity index (χ3v) is 5.40. The van der Waals surface area contributed by atoms with Gasteiger partial charge in [0.15, 0.2) is 5.60 Å². The number of methoxy groups -OCH3 is 2. The summed E-state index contributed by atoms with van der Waals surface area (Å²) in [4.78, 5) is 17.7. The number of carbonyl (C=O) groups is 1. The number of carbonyl (C=O) groups excluding carboxylic acids is 1. The molecule has 0 saturated carbocycles. The van der Waals surface area contributed by atoms with Crippen LogP contribution in [0.4, 0.5) is 0 Å². The summed E-state index contributed by atoms with van der Waals surface area (Å²) in [6.07, 6.45) is 7.40. The minimum atomic E-state index is -1.14. The van der Waals surface area contributed by atoms with E-state index in [1.165, 1.54) is 7.11 Å². The number of benzene rings is 1. The molecule has 0 fully saturated rings. The van der Waals surface area contributed by atoms with E-state index in [9.17, 15) is 4.79 Å². The van der Waals surface area contributed by atoms with Gasteiger partial charge in [-0.15, -0.1) is 0 Å². The molecule has 0 N–H and O–H groups in total. The Morgan fingerprint density at radius 2 is 1.97 bits per heavy atom. The van der Waals surface area contributed by atoms with Crippen LogP contribution in [0.5, 0.6) is 5.88 Å². The number of pyridine rings is 1. The van der Waals surface area contributed by atoms with Gasteiger partial charge in [-0.05, 0) is 49.0 Å². The Kier molecular flexibility index (Phi) is 7.06. The molecule has 2 atom stereocenters. The third-order valence-electron chi connectivity index (χ3n) is 5.40. The number of aromatic nitrogens is 1. The second kappa shape index (κ2) is 9.72. The van der Waals surface area contributed by atoms with Crippen LogP contribution in [0.15, 0.2) is 66.3 Å². The Hall–Kier alpha value is -2.92. The average Bonchev–Trinajstić information content (AvgIpc) is 2.79. The lowest BCUT2D eigenvalue weighted by molar-refractivity contribution is -0.164. The average molecular weight is 408 g/mol. The van der Waals surface area contributed by atoms with Crippen molar-refractivity contribution in [2.45, 2.75) is 44.8 Å². The lowest BCUT2D eigenvalue weighted by Crippen LogP contribution is -2.51. The van der Waals surface area contributed by atoms with Crippen LogP contribution in [-0.4, -0.2) is 31.3 Å². The SMILES string of the molecule is CCc1cc(C)cc(O[C@H](C(=O)OC)C(OC)(C2=CC=CCC2)c2ccccc2)n1. The second-order valence-electron chi connectivity index (χ2n) is 7.31. The van der Waals surface area contributed by atoms with Crippen molar-refractivity contribution in [2.75, 3.05) is 14.2 Å². The Balaban J connectivity index is 2.18. The van der Waals surface area contributed by atoms with Crippen LogP contribution >= 0.6 is 0 Å². The number of rotatable bonds is 8. The summed E-state index contributed by atoms with van der Waals surface area (Å²) in [5.41, 5.74) is 2.56. The zero-order chi connectivity index (χ0) is 21.6. The fraction of sp³-hybridized carbons (Fsp3) is 0.360. The molecule has 1 heterocycles. The highest BCUT2D eigenvalue weighted by molar-refractivity contribution is 5.78. The highest BCUT2D eigenvalue weighted by Crippen LogP contribution is 2.42. The lowest BCUT2D eigenvalue weighted by Gasteiger charge is -2.40. The summed E-state index contributed by atoms with van der Waals surface area (Å²) in [6, 6.07) is 13.5. The molecule has 2 aromatic rings. The maximum atomic E-state index is 13.1.